The third-order valence-electron chi connectivity index (χ3n) is 3.93. The summed E-state index contributed by atoms with van der Waals surface area (Å²) in [6.07, 6.45) is 1.17. The van der Waals surface area contributed by atoms with Crippen LogP contribution in [0.25, 0.3) is 0 Å². The minimum atomic E-state index is -1.01. The molecule has 1 aromatic rings. The van der Waals surface area contributed by atoms with Crippen molar-refractivity contribution in [3.05, 3.63) is 28.8 Å². The van der Waals surface area contributed by atoms with E-state index in [2.05, 4.69) is 5.32 Å². The molecular formula is C16H19ClN2O4. The topological polar surface area (TPSA) is 86.7 Å². The van der Waals surface area contributed by atoms with Crippen LogP contribution in [0.2, 0.25) is 5.02 Å². The number of piperidine rings is 1. The van der Waals surface area contributed by atoms with Crippen molar-refractivity contribution in [2.45, 2.75) is 32.7 Å². The van der Waals surface area contributed by atoms with E-state index in [9.17, 15) is 19.5 Å². The van der Waals surface area contributed by atoms with Gasteiger partial charge in [0.25, 0.3) is 5.91 Å². The van der Waals surface area contributed by atoms with Crippen molar-refractivity contribution in [1.82, 2.24) is 4.90 Å². The predicted molar refractivity (Wildman–Crippen MR) is 86.6 cm³/mol. The number of anilines is 1. The van der Waals surface area contributed by atoms with Crippen LogP contribution in [-0.4, -0.2) is 40.4 Å². The van der Waals surface area contributed by atoms with Gasteiger partial charge in [0.1, 0.15) is 6.04 Å². The third-order valence-corrected chi connectivity index (χ3v) is 4.26. The fraction of sp³-hybridized carbons (Fsp3) is 0.438. The lowest BCUT2D eigenvalue weighted by Crippen LogP contribution is -2.49. The summed E-state index contributed by atoms with van der Waals surface area (Å²) in [5.41, 5.74) is 0.640. The van der Waals surface area contributed by atoms with Crippen LogP contribution in [-0.2, 0) is 9.59 Å². The van der Waals surface area contributed by atoms with Crippen molar-refractivity contribution in [3.8, 4) is 0 Å². The summed E-state index contributed by atoms with van der Waals surface area (Å²) >= 11 is 6.10. The molecule has 1 aliphatic rings. The van der Waals surface area contributed by atoms with Gasteiger partial charge in [-0.3, -0.25) is 9.59 Å². The Morgan fingerprint density at radius 2 is 2.04 bits per heavy atom. The Bertz CT molecular complexity index is 647. The summed E-state index contributed by atoms with van der Waals surface area (Å²) in [5, 5.41) is 12.2. The second-order valence-corrected chi connectivity index (χ2v) is 6.27. The van der Waals surface area contributed by atoms with Gasteiger partial charge < -0.3 is 15.3 Å². The number of carboxylic acids is 1. The largest absolute Gasteiger partial charge is 0.480 e. The molecule has 1 heterocycles. The number of hydrogen-bond donors (Lipinski definition) is 2. The van der Waals surface area contributed by atoms with Gasteiger partial charge in [-0.25, -0.2) is 4.79 Å². The van der Waals surface area contributed by atoms with Crippen LogP contribution in [0.1, 0.15) is 37.0 Å². The van der Waals surface area contributed by atoms with Crippen LogP contribution in [0, 0.1) is 5.92 Å². The van der Waals surface area contributed by atoms with E-state index in [-0.39, 0.29) is 22.4 Å². The van der Waals surface area contributed by atoms with E-state index in [1.54, 1.807) is 6.07 Å². The number of nitrogens with one attached hydrogen (secondary N) is 1. The van der Waals surface area contributed by atoms with Crippen LogP contribution in [0.15, 0.2) is 18.2 Å². The Morgan fingerprint density at radius 3 is 2.65 bits per heavy atom. The molecule has 2 unspecified atom stereocenters. The number of carboxylic acid groups (broad SMARTS) is 1. The maximum Gasteiger partial charge on any atom is 0.326 e. The number of likely N-dealkylation sites (tertiary alicyclic amines) is 1. The van der Waals surface area contributed by atoms with E-state index < -0.39 is 17.9 Å². The number of rotatable bonds is 3. The molecule has 2 N–H and O–H groups in total. The molecule has 1 saturated heterocycles. The standard InChI is InChI=1S/C16H19ClN2O4/c1-9-5-6-19(14(7-9)16(22)23)15(21)12-8-11(18-10(2)20)3-4-13(12)17/h3-4,8-9,14H,5-7H2,1-2H3,(H,18,20)(H,22,23). The van der Waals surface area contributed by atoms with E-state index in [1.165, 1.54) is 24.0 Å². The normalized spacial score (nSPS) is 20.9. The Balaban J connectivity index is 2.31. The SMILES string of the molecule is CC(=O)Nc1ccc(Cl)c(C(=O)N2CCC(C)CC2C(=O)O)c1. The Kier molecular flexibility index (Phi) is 5.26. The minimum absolute atomic E-state index is 0.193. The van der Waals surface area contributed by atoms with Crippen molar-refractivity contribution in [2.24, 2.45) is 5.92 Å². The maximum atomic E-state index is 12.7. The quantitative estimate of drug-likeness (QED) is 0.887. The molecule has 1 aliphatic heterocycles. The van der Waals surface area contributed by atoms with E-state index in [1.807, 2.05) is 6.92 Å². The first kappa shape index (κ1) is 17.3. The summed E-state index contributed by atoms with van der Waals surface area (Å²) in [5.74, 6) is -1.46. The van der Waals surface area contributed by atoms with Crippen LogP contribution in [0.3, 0.4) is 0 Å². The minimum Gasteiger partial charge on any atom is -0.480 e. The summed E-state index contributed by atoms with van der Waals surface area (Å²) in [4.78, 5) is 36.7. The van der Waals surface area contributed by atoms with Gasteiger partial charge in [0.2, 0.25) is 5.91 Å². The monoisotopic (exact) mass is 338 g/mol. The molecule has 0 aromatic heterocycles. The maximum absolute atomic E-state index is 12.7. The van der Waals surface area contributed by atoms with Crippen molar-refractivity contribution >= 4 is 35.1 Å². The van der Waals surface area contributed by atoms with Gasteiger partial charge in [-0.05, 0) is 37.0 Å². The van der Waals surface area contributed by atoms with Crippen LogP contribution < -0.4 is 5.32 Å². The molecule has 1 fully saturated rings. The van der Waals surface area contributed by atoms with Gasteiger partial charge in [0.05, 0.1) is 10.6 Å². The van der Waals surface area contributed by atoms with Crippen LogP contribution >= 0.6 is 11.6 Å². The molecule has 23 heavy (non-hydrogen) atoms. The van der Waals surface area contributed by atoms with Gasteiger partial charge in [-0.1, -0.05) is 18.5 Å². The van der Waals surface area contributed by atoms with Gasteiger partial charge in [0, 0.05) is 19.2 Å². The lowest BCUT2D eigenvalue weighted by atomic mass is 9.92. The number of halogens is 1. The Morgan fingerprint density at radius 1 is 1.35 bits per heavy atom. The number of benzene rings is 1. The van der Waals surface area contributed by atoms with E-state index in [4.69, 9.17) is 11.6 Å². The fourth-order valence-electron chi connectivity index (χ4n) is 2.74. The van der Waals surface area contributed by atoms with Gasteiger partial charge in [-0.2, -0.15) is 0 Å². The van der Waals surface area contributed by atoms with Crippen LogP contribution in [0.4, 0.5) is 5.69 Å². The molecule has 0 aliphatic carbocycles. The number of amides is 2. The van der Waals surface area contributed by atoms with Crippen molar-refractivity contribution in [3.63, 3.8) is 0 Å². The molecule has 7 heteroatoms. The second kappa shape index (κ2) is 7.00. The van der Waals surface area contributed by atoms with E-state index in [0.29, 0.717) is 18.7 Å². The molecular weight excluding hydrogens is 320 g/mol. The smallest absolute Gasteiger partial charge is 0.326 e. The first-order valence-electron chi connectivity index (χ1n) is 7.40. The van der Waals surface area contributed by atoms with Gasteiger partial charge in [0.15, 0.2) is 0 Å². The van der Waals surface area contributed by atoms with Gasteiger partial charge in [-0.15, -0.1) is 0 Å². The van der Waals surface area contributed by atoms with Crippen molar-refractivity contribution < 1.29 is 19.5 Å². The third kappa shape index (κ3) is 4.01. The highest BCUT2D eigenvalue weighted by atomic mass is 35.5. The number of carbonyl (C=O) groups excluding carboxylic acids is 2. The summed E-state index contributed by atoms with van der Waals surface area (Å²) in [7, 11) is 0. The first-order chi connectivity index (χ1) is 10.8. The molecule has 0 radical (unpaired) electrons. The Labute approximate surface area is 139 Å². The molecule has 2 atom stereocenters. The highest BCUT2D eigenvalue weighted by Crippen LogP contribution is 2.28. The molecule has 6 nitrogen and oxygen atoms in total. The van der Waals surface area contributed by atoms with Crippen LogP contribution in [0.5, 0.6) is 0 Å². The summed E-state index contributed by atoms with van der Waals surface area (Å²) < 4.78 is 0. The molecule has 2 rings (SSSR count). The zero-order valence-corrected chi connectivity index (χ0v) is 13.8. The molecule has 0 spiro atoms. The summed E-state index contributed by atoms with van der Waals surface area (Å²) in [6, 6.07) is 3.73. The predicted octanol–water partition coefficient (Wildman–Crippen LogP) is 2.62. The van der Waals surface area contributed by atoms with Crippen molar-refractivity contribution in [1.29, 1.82) is 0 Å². The lowest BCUT2D eigenvalue weighted by molar-refractivity contribution is -0.144. The van der Waals surface area contributed by atoms with E-state index >= 15 is 0 Å². The molecule has 2 amide bonds. The number of carbonyl (C=O) groups is 3. The number of hydrogen-bond acceptors (Lipinski definition) is 3. The highest BCUT2D eigenvalue weighted by Gasteiger charge is 2.35. The number of nitrogens with zero attached hydrogens (tertiary/aromatic N) is 1. The average molecular weight is 339 g/mol. The fourth-order valence-corrected chi connectivity index (χ4v) is 2.94. The molecule has 124 valence electrons. The van der Waals surface area contributed by atoms with Gasteiger partial charge >= 0.3 is 5.97 Å². The summed E-state index contributed by atoms with van der Waals surface area (Å²) in [6.45, 7) is 3.71. The van der Waals surface area contributed by atoms with Crippen molar-refractivity contribution in [2.75, 3.05) is 11.9 Å². The molecule has 0 saturated carbocycles. The Hall–Kier alpha value is -2.08. The highest BCUT2D eigenvalue weighted by molar-refractivity contribution is 6.34. The number of aliphatic carboxylic acids is 1. The average Bonchev–Trinajstić information content (AvgIpc) is 2.48. The zero-order valence-electron chi connectivity index (χ0n) is 13.0. The first-order valence-corrected chi connectivity index (χ1v) is 7.78. The lowest BCUT2D eigenvalue weighted by Gasteiger charge is -2.36. The molecule has 1 aromatic carbocycles. The second-order valence-electron chi connectivity index (χ2n) is 5.86. The van der Waals surface area contributed by atoms with E-state index in [0.717, 1.165) is 6.42 Å². The zero-order chi connectivity index (χ0) is 17.1. The molecule has 0 bridgehead atoms.